The van der Waals surface area contributed by atoms with Crippen molar-refractivity contribution >= 4 is 23.7 Å². The molecule has 0 bridgehead atoms. The van der Waals surface area contributed by atoms with Crippen LogP contribution in [-0.2, 0) is 17.9 Å². The van der Waals surface area contributed by atoms with Gasteiger partial charge >= 0.3 is 0 Å². The van der Waals surface area contributed by atoms with E-state index < -0.39 is 63.7 Å². The number of amides is 2. The Morgan fingerprint density at radius 2 is 1.97 bits per heavy atom. The quantitative estimate of drug-likeness (QED) is 0.450. The zero-order valence-electron chi connectivity index (χ0n) is 20.3. The highest BCUT2D eigenvalue weighted by molar-refractivity contribution is 5.99. The molecule has 0 unspecified atom stereocenters. The van der Waals surface area contributed by atoms with E-state index in [9.17, 15) is 32.7 Å². The number of oxime groups is 1. The van der Waals surface area contributed by atoms with Crippen LogP contribution in [0.2, 0.25) is 0 Å². The summed E-state index contributed by atoms with van der Waals surface area (Å²) in [6, 6.07) is 0.909. The minimum Gasteiger partial charge on any atom is -0.503 e. The summed E-state index contributed by atoms with van der Waals surface area (Å²) in [6.45, 7) is 5.25. The van der Waals surface area contributed by atoms with Gasteiger partial charge in [0.15, 0.2) is 17.0 Å². The molecule has 0 spiro atoms. The summed E-state index contributed by atoms with van der Waals surface area (Å²) in [6.07, 6.45) is 3.27. The Morgan fingerprint density at radius 1 is 1.29 bits per heavy atom. The van der Waals surface area contributed by atoms with E-state index in [4.69, 9.17) is 10.2 Å². The first-order valence-corrected chi connectivity index (χ1v) is 11.6. The molecule has 1 aromatic carbocycles. The Hall–Kier alpha value is -4.42. The van der Waals surface area contributed by atoms with E-state index in [1.165, 1.54) is 9.47 Å². The number of aromatic hydroxyl groups is 1. The van der Waals surface area contributed by atoms with Gasteiger partial charge in [-0.1, -0.05) is 11.7 Å². The summed E-state index contributed by atoms with van der Waals surface area (Å²) in [4.78, 5) is 45.2. The Kier molecular flexibility index (Phi) is 7.11. The number of hydrogen-bond acceptors (Lipinski definition) is 7. The number of benzene rings is 1. The molecule has 3 heterocycles. The predicted octanol–water partition coefficient (Wildman–Crippen LogP) is 2.84. The number of nitrogens with one attached hydrogen (secondary N) is 2. The predicted molar refractivity (Wildman–Crippen MR) is 130 cm³/mol. The third kappa shape index (κ3) is 4.91. The highest BCUT2D eigenvalue weighted by Gasteiger charge is 2.37. The fourth-order valence-corrected chi connectivity index (χ4v) is 4.40. The lowest BCUT2D eigenvalue weighted by atomic mass is 9.92. The number of carbonyl (C=O) groups excluding carboxylic acids is 2. The second-order valence-corrected chi connectivity index (χ2v) is 9.12. The van der Waals surface area contributed by atoms with Gasteiger partial charge in [-0.25, -0.2) is 13.2 Å². The monoisotopic (exact) mass is 531 g/mol. The highest BCUT2D eigenvalue weighted by atomic mass is 19.1. The molecule has 2 aromatic rings. The maximum Gasteiger partial charge on any atom is 0.278 e. The van der Waals surface area contributed by atoms with Crippen LogP contribution < -0.4 is 10.7 Å². The third-order valence-corrected chi connectivity index (χ3v) is 6.46. The van der Waals surface area contributed by atoms with Gasteiger partial charge in [0, 0.05) is 68.3 Å². The molecule has 38 heavy (non-hydrogen) atoms. The van der Waals surface area contributed by atoms with E-state index in [1.54, 1.807) is 6.92 Å². The zero-order chi connectivity index (χ0) is 27.8. The number of allylic oxidation sites excluding steroid dienone is 1. The Labute approximate surface area is 214 Å². The van der Waals surface area contributed by atoms with Crippen LogP contribution >= 0.6 is 0 Å². The fraction of sp³-hybridized carbons (Fsp3) is 0.320. The minimum atomic E-state index is -1.22. The lowest BCUT2D eigenvalue weighted by Gasteiger charge is -2.32. The van der Waals surface area contributed by atoms with Crippen LogP contribution in [0.15, 0.2) is 40.6 Å². The molecule has 1 atom stereocenters. The van der Waals surface area contributed by atoms with E-state index in [0.29, 0.717) is 30.7 Å². The van der Waals surface area contributed by atoms with Crippen LogP contribution in [0, 0.1) is 22.9 Å². The molecule has 0 radical (unpaired) electrons. The van der Waals surface area contributed by atoms with Crippen LogP contribution in [0.4, 0.5) is 13.2 Å². The second kappa shape index (κ2) is 10.1. The Balaban J connectivity index is 1.49. The van der Waals surface area contributed by atoms with Crippen LogP contribution in [0.5, 0.6) is 5.75 Å². The summed E-state index contributed by atoms with van der Waals surface area (Å²) in [5, 5.41) is 24.3. The number of pyridine rings is 1. The van der Waals surface area contributed by atoms with Gasteiger partial charge in [-0.2, -0.15) is 0 Å². The van der Waals surface area contributed by atoms with Gasteiger partial charge in [-0.15, -0.1) is 0 Å². The molecule has 13 heteroatoms. The number of halogens is 3. The smallest absolute Gasteiger partial charge is 0.278 e. The topological polar surface area (TPSA) is 137 Å². The van der Waals surface area contributed by atoms with Crippen molar-refractivity contribution in [3.63, 3.8) is 0 Å². The summed E-state index contributed by atoms with van der Waals surface area (Å²) < 4.78 is 42.1. The van der Waals surface area contributed by atoms with E-state index in [0.717, 1.165) is 18.1 Å². The highest BCUT2D eigenvalue weighted by Crippen LogP contribution is 2.30. The third-order valence-electron chi connectivity index (χ3n) is 6.46. The van der Waals surface area contributed by atoms with Gasteiger partial charge in [-0.3, -0.25) is 14.4 Å². The molecule has 0 saturated heterocycles. The van der Waals surface area contributed by atoms with Crippen molar-refractivity contribution in [3.05, 3.63) is 75.1 Å². The molecule has 2 aliphatic heterocycles. The largest absolute Gasteiger partial charge is 0.503 e. The van der Waals surface area contributed by atoms with E-state index in [2.05, 4.69) is 17.1 Å². The molecule has 0 fully saturated rings. The molecule has 2 aliphatic rings. The summed E-state index contributed by atoms with van der Waals surface area (Å²) in [5.41, 5.74) is -2.45. The molecular formula is C25H24F3N5O5. The summed E-state index contributed by atoms with van der Waals surface area (Å²) >= 11 is 0. The molecule has 200 valence electrons. The van der Waals surface area contributed by atoms with Crippen LogP contribution in [0.1, 0.15) is 52.6 Å². The Morgan fingerprint density at radius 3 is 2.58 bits per heavy atom. The number of hydrogen-bond donors (Lipinski definition) is 3. The summed E-state index contributed by atoms with van der Waals surface area (Å²) in [5.74, 6) is -6.27. The van der Waals surface area contributed by atoms with Gasteiger partial charge < -0.3 is 30.1 Å². The first kappa shape index (κ1) is 26.6. The van der Waals surface area contributed by atoms with Crippen molar-refractivity contribution in [2.45, 2.75) is 44.9 Å². The standard InChI is InChI=1S/C25H24F3N5O5/c1-13-9-25(12-29,38-31-13)4-3-14(2)33-6-5-32-11-17(21(34)22(35)20(32)24(33)37)23(36)30-10-16-18(27)7-15(26)8-19(16)28/h7-8,11-12,29,35H,2-6,9-10H2,1H3,(H,30,36)/t25-/m1/s1. The van der Waals surface area contributed by atoms with Crippen molar-refractivity contribution in [3.8, 4) is 5.75 Å². The maximum absolute atomic E-state index is 13.9. The number of carbonyl (C=O) groups is 2. The van der Waals surface area contributed by atoms with Crippen LogP contribution in [0.3, 0.4) is 0 Å². The van der Waals surface area contributed by atoms with Gasteiger partial charge in [0.1, 0.15) is 23.0 Å². The van der Waals surface area contributed by atoms with Crippen molar-refractivity contribution < 1.29 is 32.7 Å². The number of rotatable bonds is 8. The van der Waals surface area contributed by atoms with Crippen molar-refractivity contribution in [1.82, 2.24) is 14.8 Å². The second-order valence-electron chi connectivity index (χ2n) is 9.12. The number of aromatic nitrogens is 1. The Bertz CT molecular complexity index is 1430. The molecule has 3 N–H and O–H groups in total. The first-order chi connectivity index (χ1) is 18.0. The molecule has 1 aromatic heterocycles. The summed E-state index contributed by atoms with van der Waals surface area (Å²) in [7, 11) is 0. The molecule has 4 rings (SSSR count). The zero-order valence-corrected chi connectivity index (χ0v) is 20.3. The van der Waals surface area contributed by atoms with Crippen molar-refractivity contribution in [2.75, 3.05) is 6.54 Å². The van der Waals surface area contributed by atoms with Crippen molar-refractivity contribution in [1.29, 1.82) is 5.41 Å². The molecular weight excluding hydrogens is 507 g/mol. The van der Waals surface area contributed by atoms with Gasteiger partial charge in [-0.05, 0) is 13.3 Å². The average Bonchev–Trinajstić information content (AvgIpc) is 3.25. The first-order valence-electron chi connectivity index (χ1n) is 11.6. The minimum absolute atomic E-state index is 0.101. The van der Waals surface area contributed by atoms with Crippen LogP contribution in [-0.4, -0.2) is 50.5 Å². The number of nitrogens with zero attached hydrogens (tertiary/aromatic N) is 3. The van der Waals surface area contributed by atoms with Gasteiger partial charge in [0.2, 0.25) is 5.43 Å². The van der Waals surface area contributed by atoms with E-state index in [-0.39, 0.29) is 25.2 Å². The molecule has 2 amide bonds. The van der Waals surface area contributed by atoms with Crippen LogP contribution in [0.25, 0.3) is 0 Å². The molecule has 0 saturated carbocycles. The lowest BCUT2D eigenvalue weighted by molar-refractivity contribution is 0.0326. The lowest BCUT2D eigenvalue weighted by Crippen LogP contribution is -2.42. The van der Waals surface area contributed by atoms with Gasteiger partial charge in [0.25, 0.3) is 11.8 Å². The van der Waals surface area contributed by atoms with Gasteiger partial charge in [0.05, 0.1) is 5.71 Å². The normalized spacial score (nSPS) is 18.5. The SMILES string of the molecule is C=C(CC[C@]1(C=N)CC(C)=NO1)N1CCn2cc(C(=O)NCc3c(F)cc(F)cc3F)c(=O)c(O)c2C1=O. The average molecular weight is 531 g/mol. The fourth-order valence-electron chi connectivity index (χ4n) is 4.40. The number of fused-ring (bicyclic) bond motifs is 1. The van der Waals surface area contributed by atoms with Crippen molar-refractivity contribution in [2.24, 2.45) is 5.16 Å². The van der Waals surface area contributed by atoms with E-state index in [1.807, 2.05) is 0 Å². The maximum atomic E-state index is 13.9. The van der Waals surface area contributed by atoms with E-state index >= 15 is 0 Å². The molecule has 0 aliphatic carbocycles. The molecule has 10 nitrogen and oxygen atoms in total.